The Labute approximate surface area is 137 Å². The second kappa shape index (κ2) is 5.86. The summed E-state index contributed by atoms with van der Waals surface area (Å²) in [6.07, 6.45) is 2.22. The Morgan fingerprint density at radius 1 is 1.25 bits per heavy atom. The molecule has 2 atom stereocenters. The van der Waals surface area contributed by atoms with Crippen molar-refractivity contribution in [2.75, 3.05) is 0 Å². The lowest BCUT2D eigenvalue weighted by Gasteiger charge is -2.21. The van der Waals surface area contributed by atoms with E-state index >= 15 is 0 Å². The summed E-state index contributed by atoms with van der Waals surface area (Å²) in [7, 11) is 0. The van der Waals surface area contributed by atoms with E-state index in [1.54, 1.807) is 17.4 Å². The van der Waals surface area contributed by atoms with Crippen LogP contribution in [0.3, 0.4) is 0 Å². The minimum atomic E-state index is 0.175. The number of benzene rings is 1. The number of nitrogens with one attached hydrogen (secondary N) is 1. The summed E-state index contributed by atoms with van der Waals surface area (Å²) in [5.41, 5.74) is 2.42. The molecule has 1 N–H and O–H groups in total. The smallest absolute Gasteiger partial charge is 0.0934 e. The average molecular weight is 347 g/mol. The van der Waals surface area contributed by atoms with E-state index in [1.807, 2.05) is 12.1 Å². The lowest BCUT2D eigenvalue weighted by atomic mass is 10.1. The van der Waals surface area contributed by atoms with Crippen molar-refractivity contribution in [3.8, 4) is 0 Å². The number of fused-ring (bicyclic) bond motifs is 1. The number of hydrogen-bond donors (Lipinski definition) is 1. The van der Waals surface area contributed by atoms with Crippen LogP contribution in [0.25, 0.3) is 0 Å². The molecule has 0 bridgehead atoms. The van der Waals surface area contributed by atoms with Gasteiger partial charge in [-0.05, 0) is 49.1 Å². The molecule has 0 fully saturated rings. The zero-order valence-electron chi connectivity index (χ0n) is 10.9. The van der Waals surface area contributed by atoms with Gasteiger partial charge in [0.1, 0.15) is 0 Å². The predicted octanol–water partition coefficient (Wildman–Crippen LogP) is 6.05. The van der Waals surface area contributed by atoms with Crippen LogP contribution in [0, 0.1) is 0 Å². The quantitative estimate of drug-likeness (QED) is 0.713. The van der Waals surface area contributed by atoms with Crippen molar-refractivity contribution in [2.45, 2.75) is 31.8 Å². The van der Waals surface area contributed by atoms with Gasteiger partial charge < -0.3 is 5.32 Å². The van der Waals surface area contributed by atoms with E-state index in [0.717, 1.165) is 22.7 Å². The molecule has 106 valence electrons. The van der Waals surface area contributed by atoms with Crippen LogP contribution in [0.4, 0.5) is 0 Å². The summed E-state index contributed by atoms with van der Waals surface area (Å²) >= 11 is 20.0. The van der Waals surface area contributed by atoms with Gasteiger partial charge in [-0.15, -0.1) is 11.3 Å². The van der Waals surface area contributed by atoms with Gasteiger partial charge in [0.05, 0.1) is 4.34 Å². The Hall–Kier alpha value is -0.250. The largest absolute Gasteiger partial charge is 0.303 e. The number of halogens is 3. The fourth-order valence-corrected chi connectivity index (χ4v) is 4.68. The van der Waals surface area contributed by atoms with Crippen molar-refractivity contribution in [3.63, 3.8) is 0 Å². The van der Waals surface area contributed by atoms with Crippen LogP contribution in [0.1, 0.15) is 41.4 Å². The molecule has 3 rings (SSSR count). The maximum absolute atomic E-state index is 6.27. The molecule has 0 radical (unpaired) electrons. The van der Waals surface area contributed by atoms with Crippen molar-refractivity contribution in [3.05, 3.63) is 54.7 Å². The van der Waals surface area contributed by atoms with Gasteiger partial charge in [0, 0.05) is 27.0 Å². The summed E-state index contributed by atoms with van der Waals surface area (Å²) in [6, 6.07) is 8.27. The van der Waals surface area contributed by atoms with Gasteiger partial charge in [-0.25, -0.2) is 0 Å². The average Bonchev–Trinajstić information content (AvgIpc) is 2.90. The zero-order valence-corrected chi connectivity index (χ0v) is 14.0. The zero-order chi connectivity index (χ0) is 14.3. The first-order chi connectivity index (χ1) is 9.54. The van der Waals surface area contributed by atoms with Crippen LogP contribution in [-0.4, -0.2) is 0 Å². The van der Waals surface area contributed by atoms with Crippen molar-refractivity contribution < 1.29 is 0 Å². The van der Waals surface area contributed by atoms with Gasteiger partial charge in [-0.1, -0.05) is 40.9 Å². The molecule has 2 aromatic rings. The predicted molar refractivity (Wildman–Crippen MR) is 88.4 cm³/mol. The van der Waals surface area contributed by atoms with Gasteiger partial charge >= 0.3 is 0 Å². The third kappa shape index (κ3) is 2.86. The number of rotatable bonds is 3. The third-order valence-corrected chi connectivity index (χ3v) is 5.63. The first kappa shape index (κ1) is 14.7. The maximum atomic E-state index is 6.27. The number of thiophene rings is 1. The maximum Gasteiger partial charge on any atom is 0.0934 e. The van der Waals surface area contributed by atoms with Crippen LogP contribution >= 0.6 is 46.1 Å². The van der Waals surface area contributed by atoms with Crippen molar-refractivity contribution in [1.29, 1.82) is 0 Å². The summed E-state index contributed by atoms with van der Waals surface area (Å²) in [5, 5.41) is 5.02. The number of hydrogen-bond acceptors (Lipinski definition) is 2. The molecule has 1 aromatic carbocycles. The molecular formula is C15H14Cl3NS. The summed E-state index contributed by atoms with van der Waals surface area (Å²) < 4.78 is 0.874. The van der Waals surface area contributed by atoms with Crippen LogP contribution in [0.15, 0.2) is 24.3 Å². The monoisotopic (exact) mass is 345 g/mol. The molecule has 0 saturated carbocycles. The summed E-state index contributed by atoms with van der Waals surface area (Å²) in [5.74, 6) is 0. The minimum Gasteiger partial charge on any atom is -0.303 e. The lowest BCUT2D eigenvalue weighted by Crippen LogP contribution is -2.23. The summed E-state index contributed by atoms with van der Waals surface area (Å²) in [6.45, 7) is 2.13. The van der Waals surface area contributed by atoms with Gasteiger partial charge in [-0.3, -0.25) is 0 Å². The molecule has 2 unspecified atom stereocenters. The van der Waals surface area contributed by atoms with Crippen LogP contribution < -0.4 is 5.32 Å². The molecule has 0 aliphatic heterocycles. The van der Waals surface area contributed by atoms with Gasteiger partial charge in [0.15, 0.2) is 0 Å². The topological polar surface area (TPSA) is 12.0 Å². The highest BCUT2D eigenvalue weighted by atomic mass is 35.5. The highest BCUT2D eigenvalue weighted by Crippen LogP contribution is 2.40. The van der Waals surface area contributed by atoms with E-state index in [2.05, 4.69) is 18.3 Å². The van der Waals surface area contributed by atoms with E-state index in [9.17, 15) is 0 Å². The molecule has 1 aliphatic rings. The van der Waals surface area contributed by atoms with E-state index < -0.39 is 0 Å². The lowest BCUT2D eigenvalue weighted by molar-refractivity contribution is 0.465. The molecule has 1 aliphatic carbocycles. The normalized spacial score (nSPS) is 19.1. The first-order valence-electron chi connectivity index (χ1n) is 6.53. The second-order valence-electron chi connectivity index (χ2n) is 5.07. The van der Waals surface area contributed by atoms with E-state index in [0.29, 0.717) is 16.1 Å². The third-order valence-electron chi connectivity index (χ3n) is 3.73. The molecule has 0 amide bonds. The number of aryl methyl sites for hydroxylation is 1. The Bertz CT molecular complexity index is 638. The molecule has 0 saturated heterocycles. The van der Waals surface area contributed by atoms with Crippen LogP contribution in [0.2, 0.25) is 14.4 Å². The summed E-state index contributed by atoms with van der Waals surface area (Å²) in [4.78, 5) is 1.40. The first-order valence-corrected chi connectivity index (χ1v) is 8.48. The molecular weight excluding hydrogens is 333 g/mol. The van der Waals surface area contributed by atoms with E-state index in [-0.39, 0.29) is 6.04 Å². The Morgan fingerprint density at radius 3 is 2.80 bits per heavy atom. The Morgan fingerprint density at radius 2 is 2.05 bits per heavy atom. The molecule has 20 heavy (non-hydrogen) atoms. The highest BCUT2D eigenvalue weighted by Gasteiger charge is 2.26. The Kier molecular flexibility index (Phi) is 4.30. The fourth-order valence-electron chi connectivity index (χ4n) is 2.75. The highest BCUT2D eigenvalue weighted by molar-refractivity contribution is 7.16. The second-order valence-corrected chi connectivity index (χ2v) is 7.69. The minimum absolute atomic E-state index is 0.175. The molecule has 5 heteroatoms. The molecule has 1 aromatic heterocycles. The van der Waals surface area contributed by atoms with E-state index in [1.165, 1.54) is 10.4 Å². The molecule has 1 nitrogen and oxygen atoms in total. The van der Waals surface area contributed by atoms with Gasteiger partial charge in [0.25, 0.3) is 0 Å². The van der Waals surface area contributed by atoms with Crippen molar-refractivity contribution in [2.24, 2.45) is 0 Å². The molecule has 1 heterocycles. The van der Waals surface area contributed by atoms with Gasteiger partial charge in [-0.2, -0.15) is 0 Å². The van der Waals surface area contributed by atoms with E-state index in [4.69, 9.17) is 34.8 Å². The fraction of sp³-hybridized carbons (Fsp3) is 0.333. The standard InChI is InChI=1S/C15H14Cl3NS/c1-8(10-3-2-9(16)6-12(10)17)19-13-4-5-14-11(13)7-15(18)20-14/h2-3,6-8,13,19H,4-5H2,1H3. The van der Waals surface area contributed by atoms with Gasteiger partial charge in [0.2, 0.25) is 0 Å². The van der Waals surface area contributed by atoms with Crippen molar-refractivity contribution in [1.82, 2.24) is 5.32 Å². The van der Waals surface area contributed by atoms with Crippen molar-refractivity contribution >= 4 is 46.1 Å². The SMILES string of the molecule is CC(NC1CCc2sc(Cl)cc21)c1ccc(Cl)cc1Cl. The van der Waals surface area contributed by atoms with Crippen LogP contribution in [0.5, 0.6) is 0 Å². The molecule has 0 spiro atoms. The Balaban J connectivity index is 1.78. The van der Waals surface area contributed by atoms with Crippen LogP contribution in [-0.2, 0) is 6.42 Å².